The first kappa shape index (κ1) is 12.8. The van der Waals surface area contributed by atoms with Gasteiger partial charge in [-0.05, 0) is 32.8 Å². The van der Waals surface area contributed by atoms with Crippen LogP contribution in [-0.2, 0) is 0 Å². The fourth-order valence-corrected chi connectivity index (χ4v) is 2.28. The van der Waals surface area contributed by atoms with E-state index in [-0.39, 0.29) is 0 Å². The quantitative estimate of drug-likeness (QED) is 0.908. The number of hydrogen-bond acceptors (Lipinski definition) is 6. The van der Waals surface area contributed by atoms with Crippen LogP contribution in [0.1, 0.15) is 25.5 Å². The average molecular weight is 273 g/mol. The van der Waals surface area contributed by atoms with Gasteiger partial charge in [-0.25, -0.2) is 4.68 Å². The third kappa shape index (κ3) is 2.56. The fourth-order valence-electron chi connectivity index (χ4n) is 2.28. The molecule has 1 aliphatic rings. The third-order valence-electron chi connectivity index (χ3n) is 3.26. The molecule has 7 nitrogen and oxygen atoms in total. The molecule has 0 unspecified atom stereocenters. The van der Waals surface area contributed by atoms with Crippen LogP contribution >= 0.6 is 0 Å². The minimum Gasteiger partial charge on any atom is -0.354 e. The van der Waals surface area contributed by atoms with Gasteiger partial charge in [-0.1, -0.05) is 0 Å². The van der Waals surface area contributed by atoms with Crippen LogP contribution in [0.15, 0.2) is 12.3 Å². The van der Waals surface area contributed by atoms with Crippen molar-refractivity contribution < 1.29 is 0 Å². The summed E-state index contributed by atoms with van der Waals surface area (Å²) < 4.78 is 1.69. The van der Waals surface area contributed by atoms with Gasteiger partial charge < -0.3 is 10.2 Å². The van der Waals surface area contributed by atoms with Crippen LogP contribution in [-0.4, -0.2) is 44.4 Å². The summed E-state index contributed by atoms with van der Waals surface area (Å²) in [4.78, 5) is 15.6. The molecule has 0 radical (unpaired) electrons. The predicted molar refractivity (Wildman–Crippen MR) is 77.3 cm³/mol. The molecule has 0 atom stereocenters. The molecule has 1 aliphatic heterocycles. The number of aromatic nitrogens is 5. The lowest BCUT2D eigenvalue weighted by Gasteiger charge is -2.16. The molecule has 3 heterocycles. The highest BCUT2D eigenvalue weighted by molar-refractivity contribution is 5.40. The first-order chi connectivity index (χ1) is 9.76. The minimum absolute atomic E-state index is 0.561. The van der Waals surface area contributed by atoms with Crippen molar-refractivity contribution >= 4 is 11.9 Å². The summed E-state index contributed by atoms with van der Waals surface area (Å²) in [6.07, 6.45) is 4.25. The van der Waals surface area contributed by atoms with Crippen molar-refractivity contribution in [1.29, 1.82) is 0 Å². The van der Waals surface area contributed by atoms with Gasteiger partial charge in [0.15, 0.2) is 0 Å². The lowest BCUT2D eigenvalue weighted by Crippen LogP contribution is -2.22. The number of anilines is 2. The summed E-state index contributed by atoms with van der Waals surface area (Å²) in [7, 11) is 0. The molecule has 1 saturated heterocycles. The van der Waals surface area contributed by atoms with Crippen molar-refractivity contribution in [3.05, 3.63) is 18.0 Å². The van der Waals surface area contributed by atoms with Crippen LogP contribution in [0.3, 0.4) is 0 Å². The van der Waals surface area contributed by atoms with E-state index in [2.05, 4.69) is 30.3 Å². The Morgan fingerprint density at radius 3 is 2.55 bits per heavy atom. The fraction of sp³-hybridized carbons (Fsp3) is 0.538. The molecule has 0 amide bonds. The highest BCUT2D eigenvalue weighted by atomic mass is 15.4. The molecule has 106 valence electrons. The van der Waals surface area contributed by atoms with Gasteiger partial charge in [-0.3, -0.25) is 0 Å². The summed E-state index contributed by atoms with van der Waals surface area (Å²) in [6.45, 7) is 6.77. The monoisotopic (exact) mass is 273 g/mol. The van der Waals surface area contributed by atoms with Crippen LogP contribution in [0.4, 0.5) is 11.9 Å². The van der Waals surface area contributed by atoms with Gasteiger partial charge >= 0.3 is 0 Å². The van der Waals surface area contributed by atoms with Gasteiger partial charge in [0, 0.05) is 25.8 Å². The smallest absolute Gasteiger partial charge is 0.257 e. The van der Waals surface area contributed by atoms with E-state index in [0.717, 1.165) is 31.3 Å². The van der Waals surface area contributed by atoms with Crippen molar-refractivity contribution in [2.45, 2.75) is 26.7 Å². The van der Waals surface area contributed by atoms with Gasteiger partial charge in [0.2, 0.25) is 11.9 Å². The molecule has 1 N–H and O–H groups in total. The van der Waals surface area contributed by atoms with Gasteiger partial charge in [0.25, 0.3) is 5.95 Å². The molecule has 0 spiro atoms. The zero-order valence-corrected chi connectivity index (χ0v) is 11.9. The van der Waals surface area contributed by atoms with E-state index in [0.29, 0.717) is 11.9 Å². The SMILES string of the molecule is CCNc1nc(N2CCCC2)nc(-n2ccc(C)n2)n1. The van der Waals surface area contributed by atoms with E-state index in [1.165, 1.54) is 12.8 Å². The van der Waals surface area contributed by atoms with E-state index in [1.807, 2.05) is 26.1 Å². The second-order valence-electron chi connectivity index (χ2n) is 4.89. The maximum absolute atomic E-state index is 4.55. The predicted octanol–water partition coefficient (Wildman–Crippen LogP) is 1.40. The number of rotatable bonds is 4. The zero-order valence-electron chi connectivity index (χ0n) is 11.9. The topological polar surface area (TPSA) is 71.8 Å². The van der Waals surface area contributed by atoms with Crippen LogP contribution in [0.5, 0.6) is 0 Å². The lowest BCUT2D eigenvalue weighted by atomic mass is 10.4. The van der Waals surface area contributed by atoms with Crippen LogP contribution in [0.2, 0.25) is 0 Å². The van der Waals surface area contributed by atoms with Gasteiger partial charge in [0.1, 0.15) is 0 Å². The second-order valence-corrected chi connectivity index (χ2v) is 4.89. The Balaban J connectivity index is 1.99. The summed E-state index contributed by atoms with van der Waals surface area (Å²) >= 11 is 0. The molecule has 2 aromatic rings. The molecule has 0 aliphatic carbocycles. The summed E-state index contributed by atoms with van der Waals surface area (Å²) in [5.41, 5.74) is 0.943. The summed E-state index contributed by atoms with van der Waals surface area (Å²) in [5.74, 6) is 1.90. The summed E-state index contributed by atoms with van der Waals surface area (Å²) in [6, 6.07) is 1.94. The molecular weight excluding hydrogens is 254 g/mol. The molecule has 0 saturated carbocycles. The molecule has 1 fully saturated rings. The van der Waals surface area contributed by atoms with Crippen LogP contribution < -0.4 is 10.2 Å². The average Bonchev–Trinajstić information content (AvgIpc) is 3.09. The normalized spacial score (nSPS) is 14.8. The first-order valence-corrected chi connectivity index (χ1v) is 7.04. The Morgan fingerprint density at radius 2 is 1.90 bits per heavy atom. The first-order valence-electron chi connectivity index (χ1n) is 7.04. The lowest BCUT2D eigenvalue weighted by molar-refractivity contribution is 0.771. The molecule has 7 heteroatoms. The van der Waals surface area contributed by atoms with Gasteiger partial charge in [-0.15, -0.1) is 0 Å². The Kier molecular flexibility index (Phi) is 3.49. The molecule has 0 bridgehead atoms. The molecule has 2 aromatic heterocycles. The van der Waals surface area contributed by atoms with Crippen LogP contribution in [0, 0.1) is 6.92 Å². The minimum atomic E-state index is 0.561. The van der Waals surface area contributed by atoms with Crippen molar-refractivity contribution in [3.8, 4) is 5.95 Å². The molecule has 20 heavy (non-hydrogen) atoms. The number of hydrogen-bond donors (Lipinski definition) is 1. The highest BCUT2D eigenvalue weighted by Crippen LogP contribution is 2.18. The number of aryl methyl sites for hydroxylation is 1. The number of nitrogens with one attached hydrogen (secondary N) is 1. The van der Waals surface area contributed by atoms with E-state index < -0.39 is 0 Å². The Labute approximate surface area is 118 Å². The van der Waals surface area contributed by atoms with Crippen molar-refractivity contribution in [3.63, 3.8) is 0 Å². The van der Waals surface area contributed by atoms with Crippen molar-refractivity contribution in [2.75, 3.05) is 29.9 Å². The van der Waals surface area contributed by atoms with Crippen LogP contribution in [0.25, 0.3) is 5.95 Å². The molecular formula is C13H19N7. The molecule has 0 aromatic carbocycles. The van der Waals surface area contributed by atoms with Gasteiger partial charge in [-0.2, -0.15) is 20.1 Å². The Hall–Kier alpha value is -2.18. The largest absolute Gasteiger partial charge is 0.354 e. The van der Waals surface area contributed by atoms with E-state index in [4.69, 9.17) is 0 Å². The zero-order chi connectivity index (χ0) is 13.9. The van der Waals surface area contributed by atoms with Gasteiger partial charge in [0.05, 0.1) is 5.69 Å². The maximum atomic E-state index is 4.55. The van der Waals surface area contributed by atoms with Crippen molar-refractivity contribution in [1.82, 2.24) is 24.7 Å². The second kappa shape index (κ2) is 5.44. The van der Waals surface area contributed by atoms with E-state index in [1.54, 1.807) is 4.68 Å². The highest BCUT2D eigenvalue weighted by Gasteiger charge is 2.18. The maximum Gasteiger partial charge on any atom is 0.257 e. The summed E-state index contributed by atoms with van der Waals surface area (Å²) in [5, 5.41) is 7.53. The Morgan fingerprint density at radius 1 is 1.15 bits per heavy atom. The Bertz CT molecular complexity index is 586. The van der Waals surface area contributed by atoms with E-state index >= 15 is 0 Å². The standard InChI is InChI=1S/C13H19N7/c1-3-14-11-15-12(19-7-4-5-8-19)17-13(16-11)20-9-6-10(2)18-20/h6,9H,3-5,7-8H2,1-2H3,(H,14,15,16,17). The third-order valence-corrected chi connectivity index (χ3v) is 3.26. The van der Waals surface area contributed by atoms with Crippen molar-refractivity contribution in [2.24, 2.45) is 0 Å². The van der Waals surface area contributed by atoms with E-state index in [9.17, 15) is 0 Å². The number of nitrogens with zero attached hydrogens (tertiary/aromatic N) is 6. The molecule has 3 rings (SSSR count).